The van der Waals surface area contributed by atoms with E-state index >= 15 is 0 Å². The van der Waals surface area contributed by atoms with Gasteiger partial charge in [-0.25, -0.2) is 0 Å². The zero-order valence-electron chi connectivity index (χ0n) is 7.66. The fourth-order valence-electron chi connectivity index (χ4n) is 1.51. The molecule has 2 nitrogen and oxygen atoms in total. The van der Waals surface area contributed by atoms with E-state index in [9.17, 15) is 0 Å². The van der Waals surface area contributed by atoms with Crippen molar-refractivity contribution in [1.29, 1.82) is 0 Å². The number of nitrogens with one attached hydrogen (secondary N) is 1. The molecular weight excluding hydrogens is 218 g/mol. The third-order valence-corrected chi connectivity index (χ3v) is 3.78. The number of hydrogen-bond acceptors (Lipinski definition) is 3. The van der Waals surface area contributed by atoms with Crippen LogP contribution in [0, 0.1) is 0 Å². The van der Waals surface area contributed by atoms with E-state index in [1.165, 1.54) is 4.90 Å². The lowest BCUT2D eigenvalue weighted by Crippen LogP contribution is -2.27. The minimum absolute atomic E-state index is 0.220. The number of thioether (sulfide) groups is 1. The Kier molecular flexibility index (Phi) is 3.21. The summed E-state index contributed by atoms with van der Waals surface area (Å²) in [5.41, 5.74) is 1.02. The second-order valence-corrected chi connectivity index (χ2v) is 4.75. The van der Waals surface area contributed by atoms with Gasteiger partial charge in [-0.05, 0) is 18.6 Å². The molecule has 0 amide bonds. The fourth-order valence-corrected chi connectivity index (χ4v) is 2.92. The zero-order valence-corrected chi connectivity index (χ0v) is 9.24. The van der Waals surface area contributed by atoms with Crippen molar-refractivity contribution < 1.29 is 5.11 Å². The number of para-hydroxylation sites is 1. The minimum atomic E-state index is 0.220. The van der Waals surface area contributed by atoms with E-state index in [1.54, 1.807) is 11.8 Å². The Labute approximate surface area is 92.7 Å². The number of aliphatic hydroxyl groups excluding tert-OH is 1. The number of halogens is 1. The maximum absolute atomic E-state index is 8.85. The minimum Gasteiger partial charge on any atom is -0.396 e. The van der Waals surface area contributed by atoms with Gasteiger partial charge in [-0.15, -0.1) is 11.8 Å². The van der Waals surface area contributed by atoms with Gasteiger partial charge in [0.2, 0.25) is 0 Å². The molecule has 1 heterocycles. The molecule has 0 aliphatic carbocycles. The Bertz CT molecular complexity index is 332. The first kappa shape index (κ1) is 10.1. The van der Waals surface area contributed by atoms with Crippen LogP contribution in [-0.4, -0.2) is 23.5 Å². The average Bonchev–Trinajstić information content (AvgIpc) is 2.20. The van der Waals surface area contributed by atoms with Crippen LogP contribution in [0.5, 0.6) is 0 Å². The summed E-state index contributed by atoms with van der Waals surface area (Å²) in [6.07, 6.45) is 0.775. The van der Waals surface area contributed by atoms with Gasteiger partial charge in [0.05, 0.1) is 10.7 Å². The normalized spacial score (nSPS) is 20.0. The third-order valence-electron chi connectivity index (χ3n) is 2.24. The summed E-state index contributed by atoms with van der Waals surface area (Å²) in [5, 5.41) is 13.0. The second kappa shape index (κ2) is 4.43. The molecule has 1 aliphatic rings. The summed E-state index contributed by atoms with van der Waals surface area (Å²) in [5.74, 6) is 0.994. The molecule has 1 aromatic carbocycles. The topological polar surface area (TPSA) is 32.3 Å². The maximum atomic E-state index is 8.85. The van der Waals surface area contributed by atoms with Gasteiger partial charge in [-0.2, -0.15) is 0 Å². The van der Waals surface area contributed by atoms with Crippen molar-refractivity contribution in [2.45, 2.75) is 17.4 Å². The maximum Gasteiger partial charge on any atom is 0.0670 e. The van der Waals surface area contributed by atoms with E-state index in [0.717, 1.165) is 22.9 Å². The molecule has 1 aromatic rings. The van der Waals surface area contributed by atoms with E-state index in [1.807, 2.05) is 12.1 Å². The Morgan fingerprint density at radius 1 is 1.57 bits per heavy atom. The fraction of sp³-hybridized carbons (Fsp3) is 0.400. The van der Waals surface area contributed by atoms with Gasteiger partial charge in [0, 0.05) is 23.3 Å². The van der Waals surface area contributed by atoms with Crippen LogP contribution in [0.25, 0.3) is 0 Å². The molecular formula is C10H12ClNOS. The highest BCUT2D eigenvalue weighted by Crippen LogP contribution is 2.38. The van der Waals surface area contributed by atoms with Crippen LogP contribution in [0.4, 0.5) is 5.69 Å². The lowest BCUT2D eigenvalue weighted by Gasteiger charge is -2.26. The van der Waals surface area contributed by atoms with Crippen molar-refractivity contribution in [3.8, 4) is 0 Å². The molecule has 76 valence electrons. The third kappa shape index (κ3) is 2.00. The Morgan fingerprint density at radius 2 is 2.43 bits per heavy atom. The highest BCUT2D eigenvalue weighted by molar-refractivity contribution is 7.99. The van der Waals surface area contributed by atoms with Gasteiger partial charge < -0.3 is 10.4 Å². The number of rotatable bonds is 2. The molecule has 4 heteroatoms. The summed E-state index contributed by atoms with van der Waals surface area (Å²) in [7, 11) is 0. The predicted octanol–water partition coefficient (Wildman–Crippen LogP) is 2.61. The number of benzene rings is 1. The van der Waals surface area contributed by atoms with Crippen LogP contribution >= 0.6 is 23.4 Å². The molecule has 1 unspecified atom stereocenters. The van der Waals surface area contributed by atoms with Gasteiger partial charge in [0.1, 0.15) is 0 Å². The zero-order chi connectivity index (χ0) is 9.97. The first-order valence-electron chi connectivity index (χ1n) is 4.60. The highest BCUT2D eigenvalue weighted by atomic mass is 35.5. The molecule has 0 saturated carbocycles. The van der Waals surface area contributed by atoms with Gasteiger partial charge in [-0.1, -0.05) is 17.7 Å². The molecule has 0 fully saturated rings. The van der Waals surface area contributed by atoms with Crippen LogP contribution in [0.1, 0.15) is 6.42 Å². The molecule has 1 atom stereocenters. The van der Waals surface area contributed by atoms with Crippen molar-refractivity contribution in [3.63, 3.8) is 0 Å². The van der Waals surface area contributed by atoms with Gasteiger partial charge in [0.15, 0.2) is 0 Å². The first-order chi connectivity index (χ1) is 6.81. The second-order valence-electron chi connectivity index (χ2n) is 3.28. The van der Waals surface area contributed by atoms with E-state index in [0.29, 0.717) is 6.04 Å². The Hall–Kier alpha value is -0.380. The Balaban J connectivity index is 2.20. The predicted molar refractivity (Wildman–Crippen MR) is 61.3 cm³/mol. The van der Waals surface area contributed by atoms with E-state index in [4.69, 9.17) is 16.7 Å². The lowest BCUT2D eigenvalue weighted by atomic mass is 10.2. The largest absolute Gasteiger partial charge is 0.396 e. The molecule has 0 aromatic heterocycles. The number of anilines is 1. The number of hydrogen-bond donors (Lipinski definition) is 2. The molecule has 2 N–H and O–H groups in total. The van der Waals surface area contributed by atoms with E-state index in [2.05, 4.69) is 11.4 Å². The van der Waals surface area contributed by atoms with Crippen LogP contribution < -0.4 is 5.32 Å². The van der Waals surface area contributed by atoms with Crippen molar-refractivity contribution in [3.05, 3.63) is 23.2 Å². The van der Waals surface area contributed by atoms with Crippen molar-refractivity contribution in [1.82, 2.24) is 0 Å². The molecule has 0 spiro atoms. The van der Waals surface area contributed by atoms with Crippen molar-refractivity contribution in [2.24, 2.45) is 0 Å². The van der Waals surface area contributed by atoms with Gasteiger partial charge in [-0.3, -0.25) is 0 Å². The summed E-state index contributed by atoms with van der Waals surface area (Å²) < 4.78 is 0. The molecule has 0 bridgehead atoms. The first-order valence-corrected chi connectivity index (χ1v) is 5.96. The van der Waals surface area contributed by atoms with Crippen LogP contribution in [0.3, 0.4) is 0 Å². The highest BCUT2D eigenvalue weighted by Gasteiger charge is 2.19. The molecule has 0 saturated heterocycles. The SMILES string of the molecule is OCCC1CSc2cccc(Cl)c2N1. The summed E-state index contributed by atoms with van der Waals surface area (Å²) in [6.45, 7) is 0.220. The quantitative estimate of drug-likeness (QED) is 0.818. The monoisotopic (exact) mass is 229 g/mol. The van der Waals surface area contributed by atoms with Crippen LogP contribution in [0.2, 0.25) is 5.02 Å². The summed E-state index contributed by atoms with van der Waals surface area (Å²) in [6, 6.07) is 6.24. The summed E-state index contributed by atoms with van der Waals surface area (Å²) >= 11 is 7.86. The molecule has 0 radical (unpaired) electrons. The van der Waals surface area contributed by atoms with Crippen molar-refractivity contribution in [2.75, 3.05) is 17.7 Å². The van der Waals surface area contributed by atoms with E-state index in [-0.39, 0.29) is 6.61 Å². The Morgan fingerprint density at radius 3 is 3.21 bits per heavy atom. The average molecular weight is 230 g/mol. The molecule has 2 rings (SSSR count). The van der Waals surface area contributed by atoms with Crippen LogP contribution in [-0.2, 0) is 0 Å². The number of aliphatic hydroxyl groups is 1. The van der Waals surface area contributed by atoms with Gasteiger partial charge in [0.25, 0.3) is 0 Å². The standard InChI is InChI=1S/C10H12ClNOS/c11-8-2-1-3-9-10(8)12-7(4-5-13)6-14-9/h1-3,7,12-13H,4-6H2. The van der Waals surface area contributed by atoms with Crippen LogP contribution in [0.15, 0.2) is 23.1 Å². The molecule has 1 aliphatic heterocycles. The smallest absolute Gasteiger partial charge is 0.0670 e. The number of fused-ring (bicyclic) bond motifs is 1. The van der Waals surface area contributed by atoms with Gasteiger partial charge >= 0.3 is 0 Å². The molecule has 14 heavy (non-hydrogen) atoms. The lowest BCUT2D eigenvalue weighted by molar-refractivity contribution is 0.282. The summed E-state index contributed by atoms with van der Waals surface area (Å²) in [4.78, 5) is 1.20. The van der Waals surface area contributed by atoms with Crippen molar-refractivity contribution >= 4 is 29.1 Å². The van der Waals surface area contributed by atoms with E-state index < -0.39 is 0 Å².